The summed E-state index contributed by atoms with van der Waals surface area (Å²) >= 11 is 6.79. The van der Waals surface area contributed by atoms with Crippen LogP contribution in [0.2, 0.25) is 0 Å². The number of Topliss-reactive ketones (excluding diaryl/α,β-unsaturated/α-hetero) is 1. The van der Waals surface area contributed by atoms with Crippen LogP contribution in [0.4, 0.5) is 0 Å². The zero-order chi connectivity index (χ0) is 12.3. The molecule has 0 spiro atoms. The molecule has 0 aromatic carbocycles. The summed E-state index contributed by atoms with van der Waals surface area (Å²) in [5.41, 5.74) is 0.980. The van der Waals surface area contributed by atoms with Crippen molar-refractivity contribution in [1.82, 2.24) is 15.0 Å². The van der Waals surface area contributed by atoms with E-state index in [9.17, 15) is 4.79 Å². The molecule has 0 atom stereocenters. The van der Waals surface area contributed by atoms with Gasteiger partial charge in [0.05, 0.1) is 13.0 Å². The second kappa shape index (κ2) is 5.20. The topological polar surface area (TPSA) is 65.0 Å². The zero-order valence-corrected chi connectivity index (χ0v) is 10.5. The molecular weight excluding hydrogens is 262 g/mol. The third-order valence-electron chi connectivity index (χ3n) is 1.98. The van der Waals surface area contributed by atoms with Crippen LogP contribution < -0.4 is 4.74 Å². The largest absolute Gasteiger partial charge is 0.481 e. The highest BCUT2D eigenvalue weighted by molar-refractivity contribution is 7.13. The third kappa shape index (κ3) is 2.59. The minimum absolute atomic E-state index is 0.0731. The first-order chi connectivity index (χ1) is 8.24. The van der Waals surface area contributed by atoms with Crippen LogP contribution in [0.25, 0.3) is 10.7 Å². The van der Waals surface area contributed by atoms with Crippen LogP contribution in [0.15, 0.2) is 17.8 Å². The molecule has 0 saturated heterocycles. The van der Waals surface area contributed by atoms with Crippen LogP contribution >= 0.6 is 22.9 Å². The standard InChI is InChI=1S/C10H8ClN3O2S/c1-16-9-2-6(12-5-13-9)10-14-7(4-17-10)8(15)3-11/h2,4-5H,3H2,1H3. The molecule has 0 bridgehead atoms. The Morgan fingerprint density at radius 2 is 2.35 bits per heavy atom. The van der Waals surface area contributed by atoms with Crippen molar-refractivity contribution in [3.63, 3.8) is 0 Å². The van der Waals surface area contributed by atoms with Gasteiger partial charge in [-0.1, -0.05) is 0 Å². The predicted octanol–water partition coefficient (Wildman–Crippen LogP) is 2.03. The first-order valence-corrected chi connectivity index (χ1v) is 6.07. The zero-order valence-electron chi connectivity index (χ0n) is 8.88. The Bertz CT molecular complexity index is 544. The Morgan fingerprint density at radius 1 is 1.53 bits per heavy atom. The number of rotatable bonds is 4. The van der Waals surface area contributed by atoms with Crippen molar-refractivity contribution >= 4 is 28.7 Å². The number of halogens is 1. The number of aromatic nitrogens is 3. The van der Waals surface area contributed by atoms with Crippen molar-refractivity contribution < 1.29 is 9.53 Å². The fourth-order valence-corrected chi connectivity index (χ4v) is 2.08. The number of thiazole rings is 1. The summed E-state index contributed by atoms with van der Waals surface area (Å²) in [7, 11) is 1.52. The van der Waals surface area contributed by atoms with Crippen molar-refractivity contribution in [3.05, 3.63) is 23.5 Å². The Labute approximate surface area is 106 Å². The number of alkyl halides is 1. The summed E-state index contributed by atoms with van der Waals surface area (Å²) < 4.78 is 4.99. The fraction of sp³-hybridized carbons (Fsp3) is 0.200. The molecule has 0 saturated carbocycles. The number of carbonyl (C=O) groups excluding carboxylic acids is 1. The van der Waals surface area contributed by atoms with Gasteiger partial charge >= 0.3 is 0 Å². The predicted molar refractivity (Wildman–Crippen MR) is 64.7 cm³/mol. The quantitative estimate of drug-likeness (QED) is 0.628. The molecule has 0 N–H and O–H groups in total. The molecule has 0 radical (unpaired) electrons. The van der Waals surface area contributed by atoms with E-state index in [1.54, 1.807) is 11.4 Å². The molecule has 0 aliphatic heterocycles. The smallest absolute Gasteiger partial charge is 0.216 e. The van der Waals surface area contributed by atoms with Gasteiger partial charge in [-0.15, -0.1) is 22.9 Å². The van der Waals surface area contributed by atoms with Crippen LogP contribution in [0.3, 0.4) is 0 Å². The number of ether oxygens (including phenoxy) is 1. The van der Waals surface area contributed by atoms with Crippen LogP contribution in [0.5, 0.6) is 5.88 Å². The minimum atomic E-state index is -0.199. The minimum Gasteiger partial charge on any atom is -0.481 e. The van der Waals surface area contributed by atoms with Crippen molar-refractivity contribution in [3.8, 4) is 16.6 Å². The monoisotopic (exact) mass is 269 g/mol. The van der Waals surface area contributed by atoms with Gasteiger partial charge in [0.2, 0.25) is 5.88 Å². The first kappa shape index (κ1) is 11.9. The summed E-state index contributed by atoms with van der Waals surface area (Å²) in [5, 5.41) is 2.30. The number of nitrogens with zero attached hydrogens (tertiary/aromatic N) is 3. The number of ketones is 1. The number of hydrogen-bond donors (Lipinski definition) is 0. The van der Waals surface area contributed by atoms with Crippen LogP contribution in [0.1, 0.15) is 10.5 Å². The Kier molecular flexibility index (Phi) is 3.65. The molecular formula is C10H8ClN3O2S. The van der Waals surface area contributed by atoms with Gasteiger partial charge in [0.15, 0.2) is 5.78 Å². The van der Waals surface area contributed by atoms with Crippen molar-refractivity contribution in [2.75, 3.05) is 13.0 Å². The lowest BCUT2D eigenvalue weighted by Gasteiger charge is -1.98. The van der Waals surface area contributed by atoms with E-state index < -0.39 is 0 Å². The van der Waals surface area contributed by atoms with E-state index in [2.05, 4.69) is 15.0 Å². The van der Waals surface area contributed by atoms with E-state index in [0.29, 0.717) is 22.3 Å². The lowest BCUT2D eigenvalue weighted by atomic mass is 10.3. The molecule has 0 aliphatic carbocycles. The molecule has 0 amide bonds. The molecule has 0 unspecified atom stereocenters. The van der Waals surface area contributed by atoms with E-state index in [1.165, 1.54) is 24.8 Å². The highest BCUT2D eigenvalue weighted by Gasteiger charge is 2.12. The Balaban J connectivity index is 2.33. The van der Waals surface area contributed by atoms with E-state index in [0.717, 1.165) is 0 Å². The Morgan fingerprint density at radius 3 is 3.06 bits per heavy atom. The summed E-state index contributed by atoms with van der Waals surface area (Å²) in [4.78, 5) is 23.5. The van der Waals surface area contributed by atoms with Crippen LogP contribution in [-0.4, -0.2) is 33.7 Å². The van der Waals surface area contributed by atoms with Gasteiger partial charge in [0.25, 0.3) is 0 Å². The molecule has 2 rings (SSSR count). The van der Waals surface area contributed by atoms with Gasteiger partial charge in [-0.25, -0.2) is 15.0 Å². The summed E-state index contributed by atoms with van der Waals surface area (Å²) in [6.07, 6.45) is 1.39. The third-order valence-corrected chi connectivity index (χ3v) is 3.09. The van der Waals surface area contributed by atoms with E-state index in [4.69, 9.17) is 16.3 Å². The fourth-order valence-electron chi connectivity index (χ4n) is 1.16. The number of methoxy groups -OCH3 is 1. The summed E-state index contributed by atoms with van der Waals surface area (Å²) in [5.74, 6) is 0.182. The van der Waals surface area contributed by atoms with Crippen molar-refractivity contribution in [2.24, 2.45) is 0 Å². The van der Waals surface area contributed by atoms with E-state index in [1.807, 2.05) is 0 Å². The number of carbonyl (C=O) groups is 1. The first-order valence-electron chi connectivity index (χ1n) is 4.65. The second-order valence-electron chi connectivity index (χ2n) is 3.04. The maximum atomic E-state index is 11.3. The highest BCUT2D eigenvalue weighted by Crippen LogP contribution is 2.23. The lowest BCUT2D eigenvalue weighted by Crippen LogP contribution is -2.00. The molecule has 17 heavy (non-hydrogen) atoms. The second-order valence-corrected chi connectivity index (χ2v) is 4.17. The van der Waals surface area contributed by atoms with Gasteiger partial charge in [-0.3, -0.25) is 4.79 Å². The van der Waals surface area contributed by atoms with Gasteiger partial charge in [-0.05, 0) is 0 Å². The Hall–Kier alpha value is -1.53. The lowest BCUT2D eigenvalue weighted by molar-refractivity contribution is 0.101. The van der Waals surface area contributed by atoms with Gasteiger partial charge in [-0.2, -0.15) is 0 Å². The van der Waals surface area contributed by atoms with Gasteiger partial charge < -0.3 is 4.74 Å². The van der Waals surface area contributed by atoms with Gasteiger partial charge in [0.1, 0.15) is 22.7 Å². The molecule has 2 aromatic heterocycles. The maximum absolute atomic E-state index is 11.3. The molecule has 5 nitrogen and oxygen atoms in total. The SMILES string of the molecule is COc1cc(-c2nc(C(=O)CCl)cs2)ncn1. The average molecular weight is 270 g/mol. The average Bonchev–Trinajstić information content (AvgIpc) is 2.87. The molecule has 0 aliphatic rings. The van der Waals surface area contributed by atoms with Crippen LogP contribution in [0, 0.1) is 0 Å². The summed E-state index contributed by atoms with van der Waals surface area (Å²) in [6.45, 7) is 0. The van der Waals surface area contributed by atoms with Crippen molar-refractivity contribution in [2.45, 2.75) is 0 Å². The molecule has 2 heterocycles. The van der Waals surface area contributed by atoms with Crippen molar-refractivity contribution in [1.29, 1.82) is 0 Å². The number of hydrogen-bond acceptors (Lipinski definition) is 6. The van der Waals surface area contributed by atoms with E-state index >= 15 is 0 Å². The molecule has 2 aromatic rings. The van der Waals surface area contributed by atoms with Gasteiger partial charge in [0, 0.05) is 11.4 Å². The highest BCUT2D eigenvalue weighted by atomic mass is 35.5. The molecule has 88 valence electrons. The van der Waals surface area contributed by atoms with E-state index in [-0.39, 0.29) is 11.7 Å². The maximum Gasteiger partial charge on any atom is 0.216 e. The normalized spacial score (nSPS) is 10.2. The van der Waals surface area contributed by atoms with Crippen LogP contribution in [-0.2, 0) is 0 Å². The molecule has 7 heteroatoms. The summed E-state index contributed by atoms with van der Waals surface area (Å²) in [6, 6.07) is 1.66. The molecule has 0 fully saturated rings.